The van der Waals surface area contributed by atoms with E-state index < -0.39 is 17.4 Å². The largest absolute Gasteiger partial charge is 0.426 e. The van der Waals surface area contributed by atoms with Crippen molar-refractivity contribution in [2.24, 2.45) is 0 Å². The predicted molar refractivity (Wildman–Crippen MR) is 83.0 cm³/mol. The number of hydrogen-bond donors (Lipinski definition) is 0. The van der Waals surface area contributed by atoms with Crippen LogP contribution in [0.1, 0.15) is 11.1 Å². The fraction of sp³-hybridized carbons (Fsp3) is 0.111. The monoisotopic (exact) mass is 312 g/mol. The molecule has 0 atom stereocenters. The Kier molecular flexibility index (Phi) is 3.93. The van der Waals surface area contributed by atoms with E-state index in [2.05, 4.69) is 0 Å². The molecule has 0 aliphatic carbocycles. The molecule has 1 aromatic heterocycles. The van der Waals surface area contributed by atoms with Gasteiger partial charge in [-0.3, -0.25) is 4.79 Å². The maximum Gasteiger partial charge on any atom is 0.336 e. The second-order valence-electron chi connectivity index (χ2n) is 5.19. The molecule has 0 aliphatic rings. The second kappa shape index (κ2) is 6.04. The Morgan fingerprint density at radius 3 is 2.78 bits per heavy atom. The van der Waals surface area contributed by atoms with Gasteiger partial charge in [0.2, 0.25) is 0 Å². The van der Waals surface area contributed by atoms with Crippen LogP contribution in [0.4, 0.5) is 4.39 Å². The van der Waals surface area contributed by atoms with Crippen molar-refractivity contribution in [2.75, 3.05) is 0 Å². The lowest BCUT2D eigenvalue weighted by Crippen LogP contribution is -2.11. The minimum atomic E-state index is -0.523. The van der Waals surface area contributed by atoms with E-state index in [-0.39, 0.29) is 12.2 Å². The van der Waals surface area contributed by atoms with Crippen molar-refractivity contribution < 1.29 is 18.3 Å². The smallest absolute Gasteiger partial charge is 0.336 e. The third-order valence-corrected chi connectivity index (χ3v) is 3.39. The molecule has 0 aliphatic heterocycles. The number of fused-ring (bicyclic) bond motifs is 1. The van der Waals surface area contributed by atoms with E-state index in [0.29, 0.717) is 11.1 Å². The first-order valence-electron chi connectivity index (χ1n) is 7.01. The van der Waals surface area contributed by atoms with Crippen LogP contribution in [-0.2, 0) is 11.2 Å². The Bertz CT molecular complexity index is 943. The number of aryl methyl sites for hydroxylation is 1. The van der Waals surface area contributed by atoms with Gasteiger partial charge in [0, 0.05) is 17.5 Å². The molecular formula is C18H13FO4. The van der Waals surface area contributed by atoms with Gasteiger partial charge in [-0.15, -0.1) is 0 Å². The molecule has 0 spiro atoms. The van der Waals surface area contributed by atoms with Gasteiger partial charge in [-0.1, -0.05) is 12.1 Å². The Labute approximate surface area is 131 Å². The van der Waals surface area contributed by atoms with Crippen molar-refractivity contribution in [1.29, 1.82) is 0 Å². The molecule has 23 heavy (non-hydrogen) atoms. The molecule has 116 valence electrons. The molecule has 4 nitrogen and oxygen atoms in total. The first-order chi connectivity index (χ1) is 11.0. The zero-order valence-corrected chi connectivity index (χ0v) is 12.3. The van der Waals surface area contributed by atoms with E-state index in [1.54, 1.807) is 25.1 Å². The normalized spacial score (nSPS) is 10.7. The van der Waals surface area contributed by atoms with Gasteiger partial charge in [-0.05, 0) is 42.3 Å². The van der Waals surface area contributed by atoms with Gasteiger partial charge in [0.1, 0.15) is 17.1 Å². The summed E-state index contributed by atoms with van der Waals surface area (Å²) >= 11 is 0. The summed E-state index contributed by atoms with van der Waals surface area (Å²) in [6, 6.07) is 12.0. The van der Waals surface area contributed by atoms with E-state index in [1.807, 2.05) is 0 Å². The zero-order valence-electron chi connectivity index (χ0n) is 12.3. The molecule has 0 saturated carbocycles. The Balaban J connectivity index is 1.81. The molecule has 3 rings (SSSR count). The summed E-state index contributed by atoms with van der Waals surface area (Å²) in [5.74, 6) is -0.657. The van der Waals surface area contributed by atoms with Crippen LogP contribution in [0, 0.1) is 12.7 Å². The van der Waals surface area contributed by atoms with Crippen molar-refractivity contribution in [1.82, 2.24) is 0 Å². The summed E-state index contributed by atoms with van der Waals surface area (Å²) in [7, 11) is 0. The molecule has 1 heterocycles. The van der Waals surface area contributed by atoms with Gasteiger partial charge in [0.15, 0.2) is 0 Å². The summed E-state index contributed by atoms with van der Waals surface area (Å²) in [6.45, 7) is 1.80. The number of carbonyl (C=O) groups excluding carboxylic acids is 1. The second-order valence-corrected chi connectivity index (χ2v) is 5.19. The van der Waals surface area contributed by atoms with Crippen LogP contribution in [0.5, 0.6) is 5.75 Å². The fourth-order valence-electron chi connectivity index (χ4n) is 2.35. The third-order valence-electron chi connectivity index (χ3n) is 3.39. The van der Waals surface area contributed by atoms with Crippen molar-refractivity contribution >= 4 is 16.9 Å². The highest BCUT2D eigenvalue weighted by Crippen LogP contribution is 2.22. The molecule has 2 aromatic carbocycles. The van der Waals surface area contributed by atoms with Crippen molar-refractivity contribution in [3.8, 4) is 5.75 Å². The third kappa shape index (κ3) is 3.45. The highest BCUT2D eigenvalue weighted by atomic mass is 19.1. The van der Waals surface area contributed by atoms with E-state index in [9.17, 15) is 14.0 Å². The highest BCUT2D eigenvalue weighted by molar-refractivity contribution is 5.82. The van der Waals surface area contributed by atoms with Crippen LogP contribution in [0.3, 0.4) is 0 Å². The van der Waals surface area contributed by atoms with Gasteiger partial charge in [-0.25, -0.2) is 9.18 Å². The average molecular weight is 312 g/mol. The molecular weight excluding hydrogens is 299 g/mol. The van der Waals surface area contributed by atoms with Crippen molar-refractivity contribution in [3.63, 3.8) is 0 Å². The lowest BCUT2D eigenvalue weighted by Gasteiger charge is -2.06. The molecule has 0 N–H and O–H groups in total. The summed E-state index contributed by atoms with van der Waals surface area (Å²) in [4.78, 5) is 23.3. The van der Waals surface area contributed by atoms with Crippen LogP contribution in [0.2, 0.25) is 0 Å². The maximum absolute atomic E-state index is 13.1. The van der Waals surface area contributed by atoms with E-state index in [1.165, 1.54) is 30.3 Å². The average Bonchev–Trinajstić information content (AvgIpc) is 2.46. The van der Waals surface area contributed by atoms with Crippen LogP contribution >= 0.6 is 0 Å². The summed E-state index contributed by atoms with van der Waals surface area (Å²) in [6.07, 6.45) is -0.0481. The van der Waals surface area contributed by atoms with Crippen LogP contribution < -0.4 is 10.4 Å². The Hall–Kier alpha value is -2.95. The predicted octanol–water partition coefficient (Wildman–Crippen LogP) is 3.39. The van der Waals surface area contributed by atoms with Crippen LogP contribution in [0.25, 0.3) is 11.0 Å². The molecule has 5 heteroatoms. The first kappa shape index (κ1) is 15.0. The van der Waals surface area contributed by atoms with Gasteiger partial charge >= 0.3 is 11.6 Å². The summed E-state index contributed by atoms with van der Waals surface area (Å²) in [5, 5.41) is 0.773. The lowest BCUT2D eigenvalue weighted by atomic mass is 10.1. The standard InChI is InChI=1S/C18H13FO4/c1-11-7-17(20)23-16-10-14(5-6-15(11)16)22-18(21)9-12-3-2-4-13(19)8-12/h2-8,10H,9H2,1H3. The fourth-order valence-corrected chi connectivity index (χ4v) is 2.35. The number of esters is 1. The Morgan fingerprint density at radius 1 is 1.17 bits per heavy atom. The van der Waals surface area contributed by atoms with Gasteiger partial charge < -0.3 is 9.15 Å². The van der Waals surface area contributed by atoms with Gasteiger partial charge in [0.25, 0.3) is 0 Å². The van der Waals surface area contributed by atoms with E-state index in [4.69, 9.17) is 9.15 Å². The van der Waals surface area contributed by atoms with Gasteiger partial charge in [0.05, 0.1) is 6.42 Å². The van der Waals surface area contributed by atoms with Crippen molar-refractivity contribution in [3.05, 3.63) is 75.9 Å². The Morgan fingerprint density at radius 2 is 2.00 bits per heavy atom. The molecule has 0 amide bonds. The minimum absolute atomic E-state index is 0.0481. The number of carbonyl (C=O) groups is 1. The SMILES string of the molecule is Cc1cc(=O)oc2cc(OC(=O)Cc3cccc(F)c3)ccc12. The topological polar surface area (TPSA) is 56.5 Å². The van der Waals surface area contributed by atoms with E-state index >= 15 is 0 Å². The number of rotatable bonds is 3. The van der Waals surface area contributed by atoms with Crippen LogP contribution in [-0.4, -0.2) is 5.97 Å². The van der Waals surface area contributed by atoms with Gasteiger partial charge in [-0.2, -0.15) is 0 Å². The summed E-state index contributed by atoms with van der Waals surface area (Å²) < 4.78 is 23.4. The number of hydrogen-bond acceptors (Lipinski definition) is 4. The quantitative estimate of drug-likeness (QED) is 0.422. The first-order valence-corrected chi connectivity index (χ1v) is 7.01. The molecule has 3 aromatic rings. The molecule has 0 radical (unpaired) electrons. The highest BCUT2D eigenvalue weighted by Gasteiger charge is 2.09. The minimum Gasteiger partial charge on any atom is -0.426 e. The number of ether oxygens (including phenoxy) is 1. The zero-order chi connectivity index (χ0) is 16.4. The molecule has 0 saturated heterocycles. The molecule has 0 unspecified atom stereocenters. The number of benzene rings is 2. The maximum atomic E-state index is 13.1. The molecule has 0 fully saturated rings. The molecule has 0 bridgehead atoms. The lowest BCUT2D eigenvalue weighted by molar-refractivity contribution is -0.133. The number of halogens is 1. The van der Waals surface area contributed by atoms with Crippen LogP contribution in [0.15, 0.2) is 57.7 Å². The summed E-state index contributed by atoms with van der Waals surface area (Å²) in [5.41, 5.74) is 1.20. The van der Waals surface area contributed by atoms with E-state index in [0.717, 1.165) is 10.9 Å². The van der Waals surface area contributed by atoms with Crippen molar-refractivity contribution in [2.45, 2.75) is 13.3 Å².